The maximum absolute atomic E-state index is 5.39. The van der Waals surface area contributed by atoms with E-state index in [1.807, 2.05) is 24.6 Å². The van der Waals surface area contributed by atoms with Crippen molar-refractivity contribution in [3.05, 3.63) is 71.3 Å². The highest BCUT2D eigenvalue weighted by Gasteiger charge is 2.20. The number of furan rings is 1. The zero-order chi connectivity index (χ0) is 17.8. The third kappa shape index (κ3) is 3.76. The lowest BCUT2D eigenvalue weighted by Crippen LogP contribution is -2.32. The van der Waals surface area contributed by atoms with E-state index in [-0.39, 0.29) is 0 Å². The predicted molar refractivity (Wildman–Crippen MR) is 104 cm³/mol. The third-order valence-electron chi connectivity index (χ3n) is 4.63. The molecule has 3 aromatic rings. The molecule has 1 aliphatic rings. The second-order valence-corrected chi connectivity index (χ2v) is 7.10. The Morgan fingerprint density at radius 2 is 2.04 bits per heavy atom. The number of anilines is 1. The first-order valence-corrected chi connectivity index (χ1v) is 10.0. The first-order valence-electron chi connectivity index (χ1n) is 8.78. The number of hydrogen-bond donors (Lipinski definition) is 1. The first-order chi connectivity index (χ1) is 12.8. The van der Waals surface area contributed by atoms with Crippen molar-refractivity contribution in [1.29, 1.82) is 0 Å². The van der Waals surface area contributed by atoms with Gasteiger partial charge in [0.05, 0.1) is 12.8 Å². The van der Waals surface area contributed by atoms with Gasteiger partial charge in [0, 0.05) is 31.4 Å². The number of rotatable bonds is 6. The van der Waals surface area contributed by atoms with E-state index in [4.69, 9.17) is 9.40 Å². The minimum atomic E-state index is 0.694. The van der Waals surface area contributed by atoms with E-state index in [1.165, 1.54) is 11.1 Å². The molecule has 0 saturated heterocycles. The Morgan fingerprint density at radius 3 is 2.85 bits per heavy atom. The quantitative estimate of drug-likeness (QED) is 0.531. The van der Waals surface area contributed by atoms with Crippen molar-refractivity contribution in [3.8, 4) is 0 Å². The summed E-state index contributed by atoms with van der Waals surface area (Å²) in [5.41, 5.74) is 3.95. The van der Waals surface area contributed by atoms with Crippen LogP contribution in [0.2, 0.25) is 0 Å². The standard InChI is InChI=1S/C20H22N4OS/c1-26-20-22-12-17(11-21-13-18-7-4-10-25-18)19(23-20)24-9-8-15-5-2-3-6-16(15)14-24/h2-7,10,12,21H,8-9,11,13-14H2,1H3. The van der Waals surface area contributed by atoms with Gasteiger partial charge in [-0.15, -0.1) is 0 Å². The van der Waals surface area contributed by atoms with Crippen molar-refractivity contribution in [3.63, 3.8) is 0 Å². The molecule has 5 nitrogen and oxygen atoms in total. The third-order valence-corrected chi connectivity index (χ3v) is 5.19. The lowest BCUT2D eigenvalue weighted by molar-refractivity contribution is 0.482. The molecule has 0 atom stereocenters. The summed E-state index contributed by atoms with van der Waals surface area (Å²) in [7, 11) is 0. The number of hydrogen-bond acceptors (Lipinski definition) is 6. The van der Waals surface area contributed by atoms with E-state index >= 15 is 0 Å². The summed E-state index contributed by atoms with van der Waals surface area (Å²) in [4.78, 5) is 11.7. The van der Waals surface area contributed by atoms with E-state index in [0.717, 1.165) is 41.8 Å². The van der Waals surface area contributed by atoms with E-state index in [0.29, 0.717) is 13.1 Å². The van der Waals surface area contributed by atoms with Crippen LogP contribution in [-0.2, 0) is 26.1 Å². The smallest absolute Gasteiger partial charge is 0.189 e. The van der Waals surface area contributed by atoms with Gasteiger partial charge in [-0.2, -0.15) is 0 Å². The van der Waals surface area contributed by atoms with Crippen LogP contribution in [0.1, 0.15) is 22.5 Å². The highest BCUT2D eigenvalue weighted by Crippen LogP contribution is 2.27. The Morgan fingerprint density at radius 1 is 1.15 bits per heavy atom. The van der Waals surface area contributed by atoms with Gasteiger partial charge in [0.2, 0.25) is 0 Å². The zero-order valence-corrected chi connectivity index (χ0v) is 15.6. The summed E-state index contributed by atoms with van der Waals surface area (Å²) in [6.45, 7) is 3.28. The van der Waals surface area contributed by atoms with E-state index in [2.05, 4.69) is 39.5 Å². The molecule has 0 aliphatic carbocycles. The van der Waals surface area contributed by atoms with Crippen LogP contribution >= 0.6 is 11.8 Å². The first kappa shape index (κ1) is 17.1. The highest BCUT2D eigenvalue weighted by molar-refractivity contribution is 7.98. The summed E-state index contributed by atoms with van der Waals surface area (Å²) in [6.07, 6.45) is 6.71. The van der Waals surface area contributed by atoms with E-state index in [1.54, 1.807) is 18.0 Å². The number of nitrogens with one attached hydrogen (secondary N) is 1. The topological polar surface area (TPSA) is 54.2 Å². The fourth-order valence-corrected chi connectivity index (χ4v) is 3.62. The molecule has 6 heteroatoms. The molecule has 0 spiro atoms. The van der Waals surface area contributed by atoms with Gasteiger partial charge < -0.3 is 14.6 Å². The van der Waals surface area contributed by atoms with Crippen LogP contribution in [0.3, 0.4) is 0 Å². The second-order valence-electron chi connectivity index (χ2n) is 6.33. The molecule has 26 heavy (non-hydrogen) atoms. The maximum atomic E-state index is 5.39. The summed E-state index contributed by atoms with van der Waals surface area (Å²) in [5, 5.41) is 4.25. The molecule has 1 aromatic carbocycles. The van der Waals surface area contributed by atoms with Crippen LogP contribution in [0.5, 0.6) is 0 Å². The van der Waals surface area contributed by atoms with Crippen LogP contribution < -0.4 is 10.2 Å². The average molecular weight is 366 g/mol. The Bertz CT molecular complexity index is 866. The molecule has 1 aliphatic heterocycles. The van der Waals surface area contributed by atoms with Crippen molar-refractivity contribution in [1.82, 2.24) is 15.3 Å². The summed E-state index contributed by atoms with van der Waals surface area (Å²) in [6, 6.07) is 12.6. The molecule has 0 unspecified atom stereocenters. The number of benzene rings is 1. The van der Waals surface area contributed by atoms with Crippen molar-refractivity contribution < 1.29 is 4.42 Å². The van der Waals surface area contributed by atoms with Gasteiger partial charge in [-0.05, 0) is 35.9 Å². The Hall–Kier alpha value is -2.31. The monoisotopic (exact) mass is 366 g/mol. The van der Waals surface area contributed by atoms with Crippen molar-refractivity contribution >= 4 is 17.6 Å². The normalized spacial score (nSPS) is 13.7. The number of nitrogens with zero attached hydrogens (tertiary/aromatic N) is 3. The van der Waals surface area contributed by atoms with Crippen molar-refractivity contribution in [2.24, 2.45) is 0 Å². The molecule has 0 fully saturated rings. The molecule has 3 heterocycles. The highest BCUT2D eigenvalue weighted by atomic mass is 32.2. The van der Waals surface area contributed by atoms with Crippen LogP contribution in [0.25, 0.3) is 0 Å². The lowest BCUT2D eigenvalue weighted by Gasteiger charge is -2.31. The number of aromatic nitrogens is 2. The SMILES string of the molecule is CSc1ncc(CNCc2ccco2)c(N2CCc3ccccc3C2)n1. The number of thioether (sulfide) groups is 1. The second kappa shape index (κ2) is 7.93. The molecule has 0 radical (unpaired) electrons. The van der Waals surface area contributed by atoms with Crippen molar-refractivity contribution in [2.75, 3.05) is 17.7 Å². The van der Waals surface area contributed by atoms with Gasteiger partial charge in [-0.1, -0.05) is 36.0 Å². The molecule has 4 rings (SSSR count). The molecule has 0 amide bonds. The maximum Gasteiger partial charge on any atom is 0.189 e. The van der Waals surface area contributed by atoms with Gasteiger partial charge in [0.1, 0.15) is 11.6 Å². The van der Waals surface area contributed by atoms with Gasteiger partial charge in [0.25, 0.3) is 0 Å². The summed E-state index contributed by atoms with van der Waals surface area (Å²) < 4.78 is 5.39. The van der Waals surface area contributed by atoms with Gasteiger partial charge in [-0.25, -0.2) is 9.97 Å². The van der Waals surface area contributed by atoms with Crippen molar-refractivity contribution in [2.45, 2.75) is 31.2 Å². The Kier molecular flexibility index (Phi) is 5.22. The number of fused-ring (bicyclic) bond motifs is 1. The van der Waals surface area contributed by atoms with Crippen LogP contribution in [0.4, 0.5) is 5.82 Å². The molecular formula is C20H22N4OS. The van der Waals surface area contributed by atoms with Crippen LogP contribution in [0.15, 0.2) is 58.4 Å². The minimum Gasteiger partial charge on any atom is -0.468 e. The summed E-state index contributed by atoms with van der Waals surface area (Å²) >= 11 is 1.58. The van der Waals surface area contributed by atoms with Crippen LogP contribution in [-0.4, -0.2) is 22.8 Å². The van der Waals surface area contributed by atoms with E-state index < -0.39 is 0 Å². The Balaban J connectivity index is 1.53. The molecule has 1 N–H and O–H groups in total. The lowest BCUT2D eigenvalue weighted by atomic mass is 10.00. The zero-order valence-electron chi connectivity index (χ0n) is 14.8. The van der Waals surface area contributed by atoms with E-state index in [9.17, 15) is 0 Å². The van der Waals surface area contributed by atoms with Gasteiger partial charge in [-0.3, -0.25) is 0 Å². The Labute approximate surface area is 157 Å². The van der Waals surface area contributed by atoms with Gasteiger partial charge in [0.15, 0.2) is 5.16 Å². The fourth-order valence-electron chi connectivity index (χ4n) is 3.29. The van der Waals surface area contributed by atoms with Crippen LogP contribution in [0, 0.1) is 0 Å². The molecule has 2 aromatic heterocycles. The summed E-state index contributed by atoms with van der Waals surface area (Å²) in [5.74, 6) is 1.96. The molecular weight excluding hydrogens is 344 g/mol. The van der Waals surface area contributed by atoms with Gasteiger partial charge >= 0.3 is 0 Å². The molecule has 0 saturated carbocycles. The average Bonchev–Trinajstić information content (AvgIpc) is 3.21. The molecule has 134 valence electrons. The minimum absolute atomic E-state index is 0.694. The largest absolute Gasteiger partial charge is 0.468 e. The fraction of sp³-hybridized carbons (Fsp3) is 0.300. The predicted octanol–water partition coefficient (Wildman–Crippen LogP) is 3.64. The molecule has 0 bridgehead atoms.